The number of nitrogens with two attached hydrogens (primary N) is 1. The quantitative estimate of drug-likeness (QED) is 0.208. The number of hydrogen-bond donors (Lipinski definition) is 3. The number of benzene rings is 2. The Morgan fingerprint density at radius 1 is 1.21 bits per heavy atom. The van der Waals surface area contributed by atoms with E-state index in [4.69, 9.17) is 5.84 Å². The molecule has 0 aliphatic carbocycles. The summed E-state index contributed by atoms with van der Waals surface area (Å²) in [6, 6.07) is 13.2. The number of hydrazone groups is 1. The molecule has 0 fully saturated rings. The molecule has 3 aromatic rings. The van der Waals surface area contributed by atoms with Gasteiger partial charge in [0.1, 0.15) is 5.82 Å². The Hall–Kier alpha value is -2.92. The molecule has 1 aromatic heterocycles. The number of hydrogen-bond acceptors (Lipinski definition) is 7. The zero-order valence-corrected chi connectivity index (χ0v) is 17.7. The first-order chi connectivity index (χ1) is 13.9. The van der Waals surface area contributed by atoms with E-state index in [2.05, 4.69) is 42.0 Å². The zero-order valence-electron chi connectivity index (χ0n) is 15.3. The lowest BCUT2D eigenvalue weighted by Crippen LogP contribution is -2.17. The van der Waals surface area contributed by atoms with Crippen LogP contribution in [0.15, 0.2) is 63.3 Å². The molecule has 4 N–H and O–H groups in total. The van der Waals surface area contributed by atoms with E-state index in [-0.39, 0.29) is 23.4 Å². The van der Waals surface area contributed by atoms with Crippen LogP contribution >= 0.6 is 27.7 Å². The van der Waals surface area contributed by atoms with Crippen LogP contribution in [0.25, 0.3) is 0 Å². The Balaban J connectivity index is 1.56. The molecule has 1 heterocycles. The summed E-state index contributed by atoms with van der Waals surface area (Å²) >= 11 is 4.50. The highest BCUT2D eigenvalue weighted by atomic mass is 79.9. The summed E-state index contributed by atoms with van der Waals surface area (Å²) in [7, 11) is 0. The molecule has 0 saturated carbocycles. The second kappa shape index (κ2) is 9.52. The highest BCUT2D eigenvalue weighted by molar-refractivity contribution is 9.10. The number of halogens is 2. The Morgan fingerprint density at radius 3 is 2.59 bits per heavy atom. The summed E-state index contributed by atoms with van der Waals surface area (Å²) in [6.45, 7) is 1.85. The van der Waals surface area contributed by atoms with E-state index in [1.807, 2.05) is 31.2 Å². The van der Waals surface area contributed by atoms with Gasteiger partial charge in [-0.2, -0.15) is 5.10 Å². The van der Waals surface area contributed by atoms with Crippen LogP contribution in [0.4, 0.5) is 16.0 Å². The maximum Gasteiger partial charge on any atom is 0.264 e. The number of nitrogen functional groups attached to an aromatic ring is 1. The third-order valence-corrected chi connectivity index (χ3v) is 5.18. The van der Waals surface area contributed by atoms with Gasteiger partial charge in [0.2, 0.25) is 11.1 Å². The van der Waals surface area contributed by atoms with Gasteiger partial charge in [-0.15, -0.1) is 10.2 Å². The first-order valence-electron chi connectivity index (χ1n) is 8.37. The van der Waals surface area contributed by atoms with Crippen LogP contribution in [0.1, 0.15) is 12.5 Å². The average molecular weight is 478 g/mol. The number of nitrogens with one attached hydrogen (secondary N) is 2. The highest BCUT2D eigenvalue weighted by Gasteiger charge is 2.12. The molecule has 29 heavy (non-hydrogen) atoms. The van der Waals surface area contributed by atoms with Crippen molar-refractivity contribution in [2.75, 3.05) is 22.3 Å². The molecular weight excluding hydrogens is 461 g/mol. The molecule has 0 aliphatic rings. The zero-order chi connectivity index (χ0) is 20.8. The minimum Gasteiger partial charge on any atom is -0.334 e. The number of thioether (sulfide) groups is 1. The molecule has 150 valence electrons. The van der Waals surface area contributed by atoms with Crippen LogP contribution in [0.3, 0.4) is 0 Å². The second-order valence-electron chi connectivity index (χ2n) is 5.84. The van der Waals surface area contributed by atoms with Crippen molar-refractivity contribution in [3.8, 4) is 0 Å². The normalized spacial score (nSPS) is 11.3. The molecule has 0 aliphatic heterocycles. The molecule has 0 unspecified atom stereocenters. The molecule has 0 spiro atoms. The van der Waals surface area contributed by atoms with Gasteiger partial charge in [-0.05, 0) is 48.9 Å². The largest absolute Gasteiger partial charge is 0.334 e. The fraction of sp³-hybridized carbons (Fsp3) is 0.111. The van der Waals surface area contributed by atoms with Crippen molar-refractivity contribution in [1.29, 1.82) is 0 Å². The van der Waals surface area contributed by atoms with Crippen molar-refractivity contribution in [2.24, 2.45) is 5.10 Å². The number of carbonyl (C=O) groups is 1. The molecular formula is C18H17BrFN7OS. The monoisotopic (exact) mass is 477 g/mol. The topological polar surface area (TPSA) is 110 Å². The van der Waals surface area contributed by atoms with Crippen molar-refractivity contribution in [1.82, 2.24) is 14.9 Å². The second-order valence-corrected chi connectivity index (χ2v) is 7.69. The Kier molecular flexibility index (Phi) is 6.83. The van der Waals surface area contributed by atoms with Gasteiger partial charge in [-0.3, -0.25) is 4.79 Å². The van der Waals surface area contributed by atoms with E-state index in [0.29, 0.717) is 10.8 Å². The lowest BCUT2D eigenvalue weighted by Gasteiger charge is -2.06. The van der Waals surface area contributed by atoms with Gasteiger partial charge in [-0.25, -0.2) is 14.5 Å². The number of aromatic nitrogens is 3. The summed E-state index contributed by atoms with van der Waals surface area (Å²) in [5.41, 5.74) is 4.96. The lowest BCUT2D eigenvalue weighted by molar-refractivity contribution is -0.113. The molecule has 3 rings (SSSR count). The summed E-state index contributed by atoms with van der Waals surface area (Å²) in [5.74, 6) is 5.62. The molecule has 0 radical (unpaired) electrons. The summed E-state index contributed by atoms with van der Waals surface area (Å²) in [5, 5.41) is 15.2. The molecule has 8 nitrogen and oxygen atoms in total. The van der Waals surface area contributed by atoms with Crippen molar-refractivity contribution in [2.45, 2.75) is 12.1 Å². The van der Waals surface area contributed by atoms with Crippen molar-refractivity contribution in [3.63, 3.8) is 0 Å². The van der Waals surface area contributed by atoms with Gasteiger partial charge in [0, 0.05) is 10.2 Å². The minimum absolute atomic E-state index is 0.0634. The average Bonchev–Trinajstić information content (AvgIpc) is 3.06. The fourth-order valence-electron chi connectivity index (χ4n) is 2.20. The summed E-state index contributed by atoms with van der Waals surface area (Å²) < 4.78 is 15.1. The molecule has 11 heteroatoms. The molecule has 2 aromatic carbocycles. The van der Waals surface area contributed by atoms with Crippen LogP contribution in [-0.4, -0.2) is 32.2 Å². The van der Waals surface area contributed by atoms with Crippen LogP contribution in [0.2, 0.25) is 0 Å². The first kappa shape index (κ1) is 20.8. The van der Waals surface area contributed by atoms with Crippen molar-refractivity contribution in [3.05, 3.63) is 64.4 Å². The number of amides is 1. The third kappa shape index (κ3) is 5.78. The Bertz CT molecular complexity index is 1020. The Labute approximate surface area is 178 Å². The van der Waals surface area contributed by atoms with Gasteiger partial charge in [0.15, 0.2) is 0 Å². The summed E-state index contributed by atoms with van der Waals surface area (Å²) in [4.78, 5) is 12.0. The van der Waals surface area contributed by atoms with E-state index in [1.54, 1.807) is 0 Å². The van der Waals surface area contributed by atoms with Gasteiger partial charge in [0.25, 0.3) is 5.95 Å². The summed E-state index contributed by atoms with van der Waals surface area (Å²) in [6.07, 6.45) is 0. The standard InChI is InChI=1S/C18H17BrFN7OS/c1-11(12-2-4-13(19)5-3-12)23-24-17-25-26-18(27(17)21)29-10-16(28)22-15-8-6-14(20)7-9-15/h2-9H,10,21H2,1H3,(H,22,28)(H,24,25)/b23-11+. The van der Waals surface area contributed by atoms with Crippen LogP contribution in [0.5, 0.6) is 0 Å². The van der Waals surface area contributed by atoms with Gasteiger partial charge < -0.3 is 11.2 Å². The molecule has 0 bridgehead atoms. The van der Waals surface area contributed by atoms with Crippen molar-refractivity contribution >= 4 is 50.9 Å². The van der Waals surface area contributed by atoms with Gasteiger partial charge >= 0.3 is 0 Å². The molecule has 0 atom stereocenters. The maximum atomic E-state index is 12.9. The van der Waals surface area contributed by atoms with Gasteiger partial charge in [-0.1, -0.05) is 39.8 Å². The van der Waals surface area contributed by atoms with Gasteiger partial charge in [0.05, 0.1) is 11.5 Å². The minimum atomic E-state index is -0.369. The number of nitrogens with zero attached hydrogens (tertiary/aromatic N) is 4. The fourth-order valence-corrected chi connectivity index (χ4v) is 3.12. The smallest absolute Gasteiger partial charge is 0.264 e. The molecule has 1 amide bonds. The van der Waals surface area contributed by atoms with E-state index in [1.165, 1.54) is 28.9 Å². The predicted octanol–water partition coefficient (Wildman–Crippen LogP) is 3.46. The van der Waals surface area contributed by atoms with E-state index in [9.17, 15) is 9.18 Å². The number of anilines is 2. The molecule has 0 saturated heterocycles. The predicted molar refractivity (Wildman–Crippen MR) is 116 cm³/mol. The number of rotatable bonds is 7. The lowest BCUT2D eigenvalue weighted by atomic mass is 10.1. The third-order valence-electron chi connectivity index (χ3n) is 3.71. The maximum absolute atomic E-state index is 12.9. The van der Waals surface area contributed by atoms with Crippen molar-refractivity contribution < 1.29 is 9.18 Å². The van der Waals surface area contributed by atoms with Crippen LogP contribution in [-0.2, 0) is 4.79 Å². The Morgan fingerprint density at radius 2 is 1.90 bits per heavy atom. The van der Waals surface area contributed by atoms with Crippen LogP contribution in [0, 0.1) is 5.82 Å². The highest BCUT2D eigenvalue weighted by Crippen LogP contribution is 2.18. The first-order valence-corrected chi connectivity index (χ1v) is 10.1. The SMILES string of the molecule is C/C(=N\Nc1nnc(SCC(=O)Nc2ccc(F)cc2)n1N)c1ccc(Br)cc1. The van der Waals surface area contributed by atoms with E-state index >= 15 is 0 Å². The van der Waals surface area contributed by atoms with Crippen LogP contribution < -0.4 is 16.6 Å². The van der Waals surface area contributed by atoms with E-state index < -0.39 is 0 Å². The van der Waals surface area contributed by atoms with E-state index in [0.717, 1.165) is 27.5 Å². The number of carbonyl (C=O) groups excluding carboxylic acids is 1.